The van der Waals surface area contributed by atoms with E-state index in [0.717, 1.165) is 49.6 Å². The third kappa shape index (κ3) is 9.72. The summed E-state index contributed by atoms with van der Waals surface area (Å²) in [5.41, 5.74) is 8.70. The molecule has 1 fully saturated rings. The first-order valence-corrected chi connectivity index (χ1v) is 22.3. The molecule has 4 heterocycles. The van der Waals surface area contributed by atoms with Crippen LogP contribution in [0.25, 0.3) is 21.6 Å². The highest BCUT2D eigenvalue weighted by Crippen LogP contribution is 2.43. The largest absolute Gasteiger partial charge is 0.391 e. The lowest BCUT2D eigenvalue weighted by atomic mass is 9.85. The Kier molecular flexibility index (Phi) is 13.4. The number of β-amino-alcohol motifs (C(OH)–C–C–N with tert-alkyl or cyclic N) is 1. The van der Waals surface area contributed by atoms with E-state index in [-0.39, 0.29) is 38.5 Å². The number of aliphatic hydroxyl groups excluding tert-OH is 1. The SMILES string of the molecule is Cc1ncsc1-c1ccc(CNC(=O)[C@@H]2C[C@@H](O)CN2C(=O)[C@@H](NC(=O)CC(C)NC(=O)CN2C(=O)N(C)c3ccc(-c4c(C)noc4C)cc3C2c2ccccc2)C(C)(C)C)cc1. The van der Waals surface area contributed by atoms with Crippen molar-refractivity contribution in [2.75, 3.05) is 25.0 Å². The van der Waals surface area contributed by atoms with Gasteiger partial charge in [-0.25, -0.2) is 9.78 Å². The number of aryl methyl sites for hydroxylation is 3. The molecule has 0 saturated carbocycles. The summed E-state index contributed by atoms with van der Waals surface area (Å²) in [6, 6.07) is 19.5. The molecule has 336 valence electrons. The fraction of sp³-hybridized carbons (Fsp3) is 0.396. The van der Waals surface area contributed by atoms with Crippen LogP contribution in [0.4, 0.5) is 10.5 Å². The van der Waals surface area contributed by atoms with Gasteiger partial charge in [-0.1, -0.05) is 86.6 Å². The number of hydrogen-bond acceptors (Lipinski definition) is 10. The molecule has 0 spiro atoms. The number of aromatic nitrogens is 2. The van der Waals surface area contributed by atoms with Crippen molar-refractivity contribution in [3.05, 3.63) is 112 Å². The molecule has 2 aliphatic heterocycles. The average molecular weight is 889 g/mol. The summed E-state index contributed by atoms with van der Waals surface area (Å²) >= 11 is 1.56. The van der Waals surface area contributed by atoms with Crippen LogP contribution in [0.3, 0.4) is 0 Å². The van der Waals surface area contributed by atoms with Gasteiger partial charge in [0.2, 0.25) is 23.6 Å². The van der Waals surface area contributed by atoms with E-state index in [0.29, 0.717) is 11.4 Å². The maximum Gasteiger partial charge on any atom is 0.325 e. The van der Waals surface area contributed by atoms with E-state index in [2.05, 4.69) is 26.1 Å². The number of amides is 6. The Balaban J connectivity index is 0.995. The van der Waals surface area contributed by atoms with Crippen LogP contribution in [-0.2, 0) is 25.7 Å². The predicted octanol–water partition coefficient (Wildman–Crippen LogP) is 6.06. The van der Waals surface area contributed by atoms with Gasteiger partial charge in [0.05, 0.1) is 39.6 Å². The fourth-order valence-corrected chi connectivity index (χ4v) is 9.47. The third-order valence-corrected chi connectivity index (χ3v) is 12.9. The summed E-state index contributed by atoms with van der Waals surface area (Å²) in [4.78, 5) is 79.1. The Morgan fingerprint density at radius 2 is 1.64 bits per heavy atom. The first-order valence-electron chi connectivity index (χ1n) is 21.4. The molecule has 2 aromatic heterocycles. The normalized spacial score (nSPS) is 18.4. The number of carbonyl (C=O) groups is 5. The second kappa shape index (κ2) is 18.8. The number of rotatable bonds is 13. The van der Waals surface area contributed by atoms with Gasteiger partial charge in [-0.15, -0.1) is 11.3 Å². The van der Waals surface area contributed by atoms with Crippen molar-refractivity contribution in [1.82, 2.24) is 35.9 Å². The summed E-state index contributed by atoms with van der Waals surface area (Å²) < 4.78 is 5.45. The molecule has 0 aliphatic carbocycles. The number of carbonyl (C=O) groups excluding carboxylic acids is 5. The maximum atomic E-state index is 14.2. The minimum Gasteiger partial charge on any atom is -0.391 e. The first-order chi connectivity index (χ1) is 30.4. The van der Waals surface area contributed by atoms with E-state index in [1.807, 2.05) is 114 Å². The van der Waals surface area contributed by atoms with Crippen LogP contribution >= 0.6 is 11.3 Å². The molecule has 7 rings (SSSR count). The lowest BCUT2D eigenvalue weighted by Crippen LogP contribution is -2.58. The molecular formula is C48H56N8O7S. The quantitative estimate of drug-likeness (QED) is 0.109. The van der Waals surface area contributed by atoms with Gasteiger partial charge >= 0.3 is 6.03 Å². The minimum atomic E-state index is -1.05. The molecule has 64 heavy (non-hydrogen) atoms. The van der Waals surface area contributed by atoms with Crippen molar-refractivity contribution in [1.29, 1.82) is 0 Å². The Hall–Kier alpha value is -6.39. The lowest BCUT2D eigenvalue weighted by molar-refractivity contribution is -0.144. The van der Waals surface area contributed by atoms with Gasteiger partial charge in [0.25, 0.3) is 0 Å². The molecule has 1 saturated heterocycles. The number of thiazole rings is 1. The van der Waals surface area contributed by atoms with E-state index in [1.165, 1.54) is 14.7 Å². The van der Waals surface area contributed by atoms with Gasteiger partial charge in [0.1, 0.15) is 24.4 Å². The zero-order chi connectivity index (χ0) is 46.0. The summed E-state index contributed by atoms with van der Waals surface area (Å²) in [6.45, 7) is 12.7. The van der Waals surface area contributed by atoms with Gasteiger partial charge in [0.15, 0.2) is 0 Å². The van der Waals surface area contributed by atoms with Gasteiger partial charge in [-0.3, -0.25) is 24.1 Å². The molecule has 0 bridgehead atoms. The van der Waals surface area contributed by atoms with Crippen molar-refractivity contribution in [2.45, 2.75) is 98.1 Å². The number of hydrogen-bond donors (Lipinski definition) is 4. The fourth-order valence-electron chi connectivity index (χ4n) is 8.66. The van der Waals surface area contributed by atoms with Crippen molar-refractivity contribution in [3.8, 4) is 21.6 Å². The Labute approximate surface area is 377 Å². The molecular weight excluding hydrogens is 833 g/mol. The number of anilines is 1. The van der Waals surface area contributed by atoms with Crippen LogP contribution in [-0.4, -0.2) is 99.1 Å². The maximum absolute atomic E-state index is 14.2. The number of fused-ring (bicyclic) bond motifs is 1. The van der Waals surface area contributed by atoms with Crippen molar-refractivity contribution in [2.24, 2.45) is 5.41 Å². The highest BCUT2D eigenvalue weighted by atomic mass is 32.1. The van der Waals surface area contributed by atoms with Crippen LogP contribution in [0.5, 0.6) is 0 Å². The topological polar surface area (TPSA) is 190 Å². The zero-order valence-electron chi connectivity index (χ0n) is 37.5. The van der Waals surface area contributed by atoms with Gasteiger partial charge in [0, 0.05) is 50.1 Å². The number of nitrogens with zero attached hydrogens (tertiary/aromatic N) is 5. The Bertz CT molecular complexity index is 2510. The highest BCUT2D eigenvalue weighted by Gasteiger charge is 2.45. The third-order valence-electron chi connectivity index (χ3n) is 11.9. The number of urea groups is 1. The van der Waals surface area contributed by atoms with E-state index >= 15 is 0 Å². The second-order valence-corrected chi connectivity index (χ2v) is 18.7. The molecule has 5 atom stereocenters. The number of aliphatic hydroxyl groups is 1. The van der Waals surface area contributed by atoms with Crippen molar-refractivity contribution >= 4 is 46.7 Å². The van der Waals surface area contributed by atoms with Crippen molar-refractivity contribution < 1.29 is 33.6 Å². The monoisotopic (exact) mass is 888 g/mol. The molecule has 6 amide bonds. The first kappa shape index (κ1) is 45.6. The molecule has 4 N–H and O–H groups in total. The summed E-state index contributed by atoms with van der Waals surface area (Å²) in [6.07, 6.45) is -1.03. The summed E-state index contributed by atoms with van der Waals surface area (Å²) in [5, 5.41) is 23.5. The van der Waals surface area contributed by atoms with E-state index in [9.17, 15) is 29.1 Å². The Morgan fingerprint density at radius 1 is 0.938 bits per heavy atom. The second-order valence-electron chi connectivity index (χ2n) is 17.9. The van der Waals surface area contributed by atoms with Crippen LogP contribution in [0.1, 0.15) is 80.4 Å². The number of benzene rings is 3. The summed E-state index contributed by atoms with van der Waals surface area (Å²) in [5.74, 6) is -1.19. The van der Waals surface area contributed by atoms with Crippen molar-refractivity contribution in [3.63, 3.8) is 0 Å². The van der Waals surface area contributed by atoms with Crippen LogP contribution < -0.4 is 20.9 Å². The van der Waals surface area contributed by atoms with Crippen LogP contribution in [0, 0.1) is 26.2 Å². The summed E-state index contributed by atoms with van der Waals surface area (Å²) in [7, 11) is 1.67. The highest BCUT2D eigenvalue weighted by molar-refractivity contribution is 7.13. The average Bonchev–Trinajstić information content (AvgIpc) is 3.97. The van der Waals surface area contributed by atoms with Gasteiger partial charge < -0.3 is 35.4 Å². The Morgan fingerprint density at radius 3 is 2.28 bits per heavy atom. The standard InChI is InChI=1S/C48H56N8O7S/c1-27(51-40(59)25-56-42(32-12-10-9-11-13-32)36-21-34(41-28(2)53-63-30(41)4)18-19-37(36)54(8)47(56)62)20-39(58)52-44(48(5,6)7)46(61)55-24-35(57)22-38(55)45(60)49-23-31-14-16-33(17-15-31)43-29(3)50-26-64-43/h9-19,21,26-27,35,38,42,44,57H,20,22-25H2,1-8H3,(H,49,60)(H,51,59)(H,52,58)/t27?,35-,38+,42?,44-/m1/s1. The van der Waals surface area contributed by atoms with Crippen LogP contribution in [0.15, 0.2) is 82.8 Å². The van der Waals surface area contributed by atoms with Gasteiger partial charge in [-0.2, -0.15) is 0 Å². The molecule has 16 heteroatoms. The molecule has 2 unspecified atom stereocenters. The van der Waals surface area contributed by atoms with Gasteiger partial charge in [-0.05, 0) is 67.5 Å². The molecule has 3 aromatic carbocycles. The predicted molar refractivity (Wildman–Crippen MR) is 244 cm³/mol. The molecule has 0 radical (unpaired) electrons. The van der Waals surface area contributed by atoms with E-state index < -0.39 is 59.3 Å². The number of nitrogens with one attached hydrogen (secondary N) is 3. The lowest BCUT2D eigenvalue weighted by Gasteiger charge is -2.41. The smallest absolute Gasteiger partial charge is 0.325 e. The zero-order valence-corrected chi connectivity index (χ0v) is 38.3. The molecule has 2 aliphatic rings. The van der Waals surface area contributed by atoms with E-state index in [1.54, 1.807) is 30.8 Å². The van der Waals surface area contributed by atoms with Crippen LogP contribution in [0.2, 0.25) is 0 Å². The number of likely N-dealkylation sites (tertiary alicyclic amines) is 1. The van der Waals surface area contributed by atoms with E-state index in [4.69, 9.17) is 4.52 Å². The molecule has 5 aromatic rings. The minimum absolute atomic E-state index is 0.0590. The molecule has 15 nitrogen and oxygen atoms in total.